The van der Waals surface area contributed by atoms with Crippen molar-refractivity contribution >= 4 is 11.9 Å². The molecule has 1 spiro atoms. The SMILES string of the molecule is CCN(Cc1cn(CC)nc1C)C(=O)C1CN(c2ncccn2)CC12CCC2. The standard InChI is InChI=1S/C21H30N6O/c1-4-25(12-17-13-27(5-2)24-16(17)3)19(28)18-14-26(15-21(18)8-6-9-21)20-22-10-7-11-23-20/h7,10-11,13,18H,4-6,8-9,12,14-15H2,1-3H3. The van der Waals surface area contributed by atoms with Gasteiger partial charge in [-0.1, -0.05) is 6.42 Å². The lowest BCUT2D eigenvalue weighted by Crippen LogP contribution is -2.46. The summed E-state index contributed by atoms with van der Waals surface area (Å²) in [5.74, 6) is 1.03. The molecule has 2 aliphatic rings. The molecule has 1 atom stereocenters. The predicted molar refractivity (Wildman–Crippen MR) is 108 cm³/mol. The van der Waals surface area contributed by atoms with E-state index in [1.165, 1.54) is 6.42 Å². The molecule has 0 N–H and O–H groups in total. The summed E-state index contributed by atoms with van der Waals surface area (Å²) < 4.78 is 1.94. The summed E-state index contributed by atoms with van der Waals surface area (Å²) in [5.41, 5.74) is 2.24. The smallest absolute Gasteiger partial charge is 0.228 e. The van der Waals surface area contributed by atoms with Gasteiger partial charge in [-0.05, 0) is 39.7 Å². The summed E-state index contributed by atoms with van der Waals surface area (Å²) >= 11 is 0. The van der Waals surface area contributed by atoms with Crippen molar-refractivity contribution in [1.29, 1.82) is 0 Å². The van der Waals surface area contributed by atoms with E-state index in [1.54, 1.807) is 12.4 Å². The van der Waals surface area contributed by atoms with Crippen molar-refractivity contribution in [2.45, 2.75) is 53.1 Å². The quantitative estimate of drug-likeness (QED) is 0.768. The molecule has 2 aromatic heterocycles. The number of anilines is 1. The maximum Gasteiger partial charge on any atom is 0.228 e. The van der Waals surface area contributed by atoms with Crippen LogP contribution in [0.15, 0.2) is 24.7 Å². The zero-order valence-corrected chi connectivity index (χ0v) is 17.1. The Bertz CT molecular complexity index is 829. The molecule has 1 aliphatic heterocycles. The summed E-state index contributed by atoms with van der Waals surface area (Å²) in [6.07, 6.45) is 9.08. The Morgan fingerprint density at radius 3 is 2.61 bits per heavy atom. The zero-order chi connectivity index (χ0) is 19.7. The van der Waals surface area contributed by atoms with Gasteiger partial charge >= 0.3 is 0 Å². The molecule has 1 saturated heterocycles. The van der Waals surface area contributed by atoms with E-state index in [1.807, 2.05) is 22.6 Å². The highest BCUT2D eigenvalue weighted by Crippen LogP contribution is 2.52. The summed E-state index contributed by atoms with van der Waals surface area (Å²) in [4.78, 5) is 26.6. The minimum Gasteiger partial charge on any atom is -0.339 e. The molecular formula is C21H30N6O. The minimum atomic E-state index is 0.0199. The monoisotopic (exact) mass is 382 g/mol. The molecule has 28 heavy (non-hydrogen) atoms. The number of aryl methyl sites for hydroxylation is 2. The van der Waals surface area contributed by atoms with E-state index < -0.39 is 0 Å². The van der Waals surface area contributed by atoms with Crippen molar-refractivity contribution < 1.29 is 4.79 Å². The molecule has 150 valence electrons. The topological polar surface area (TPSA) is 67.2 Å². The lowest BCUT2D eigenvalue weighted by atomic mass is 9.62. The fourth-order valence-electron chi connectivity index (χ4n) is 4.70. The molecule has 0 radical (unpaired) electrons. The van der Waals surface area contributed by atoms with Gasteiger partial charge in [0.25, 0.3) is 0 Å². The van der Waals surface area contributed by atoms with Crippen molar-refractivity contribution in [2.24, 2.45) is 11.3 Å². The lowest BCUT2D eigenvalue weighted by molar-refractivity contribution is -0.140. The van der Waals surface area contributed by atoms with Crippen LogP contribution in [0.2, 0.25) is 0 Å². The van der Waals surface area contributed by atoms with Gasteiger partial charge in [0.2, 0.25) is 11.9 Å². The third kappa shape index (κ3) is 3.27. The van der Waals surface area contributed by atoms with E-state index in [9.17, 15) is 4.79 Å². The number of hydrogen-bond acceptors (Lipinski definition) is 5. The average molecular weight is 383 g/mol. The number of aromatic nitrogens is 4. The van der Waals surface area contributed by atoms with E-state index in [4.69, 9.17) is 0 Å². The second-order valence-electron chi connectivity index (χ2n) is 8.15. The summed E-state index contributed by atoms with van der Waals surface area (Å²) in [5, 5.41) is 4.53. The zero-order valence-electron chi connectivity index (χ0n) is 17.1. The van der Waals surface area contributed by atoms with Gasteiger partial charge < -0.3 is 9.80 Å². The average Bonchev–Trinajstić information content (AvgIpc) is 3.27. The molecule has 7 nitrogen and oxygen atoms in total. The number of amides is 1. The van der Waals surface area contributed by atoms with Crippen LogP contribution in [-0.4, -0.2) is 50.2 Å². The van der Waals surface area contributed by atoms with Crippen LogP contribution in [-0.2, 0) is 17.9 Å². The summed E-state index contributed by atoms with van der Waals surface area (Å²) in [7, 11) is 0. The Kier molecular flexibility index (Phi) is 5.08. The second kappa shape index (κ2) is 7.53. The first-order chi connectivity index (χ1) is 13.6. The van der Waals surface area contributed by atoms with Crippen molar-refractivity contribution in [2.75, 3.05) is 24.5 Å². The van der Waals surface area contributed by atoms with Gasteiger partial charge in [-0.2, -0.15) is 5.10 Å². The van der Waals surface area contributed by atoms with Gasteiger partial charge in [0, 0.05) is 62.3 Å². The van der Waals surface area contributed by atoms with Gasteiger partial charge in [-0.25, -0.2) is 9.97 Å². The number of hydrogen-bond donors (Lipinski definition) is 0. The highest BCUT2D eigenvalue weighted by atomic mass is 16.2. The highest BCUT2D eigenvalue weighted by molar-refractivity contribution is 5.81. The van der Waals surface area contributed by atoms with Crippen LogP contribution < -0.4 is 4.90 Å². The second-order valence-corrected chi connectivity index (χ2v) is 8.15. The molecule has 1 aliphatic carbocycles. The molecule has 0 bridgehead atoms. The first-order valence-electron chi connectivity index (χ1n) is 10.4. The third-order valence-corrected chi connectivity index (χ3v) is 6.56. The van der Waals surface area contributed by atoms with E-state index in [0.29, 0.717) is 19.6 Å². The predicted octanol–water partition coefficient (Wildman–Crippen LogP) is 2.66. The number of carbonyl (C=O) groups is 1. The Hall–Kier alpha value is -2.44. The fourth-order valence-corrected chi connectivity index (χ4v) is 4.70. The number of rotatable bonds is 6. The largest absolute Gasteiger partial charge is 0.339 e. The normalized spacial score (nSPS) is 20.4. The van der Waals surface area contributed by atoms with Crippen molar-refractivity contribution in [3.63, 3.8) is 0 Å². The van der Waals surface area contributed by atoms with E-state index >= 15 is 0 Å². The molecule has 7 heteroatoms. The summed E-state index contributed by atoms with van der Waals surface area (Å²) in [6, 6.07) is 1.83. The lowest BCUT2D eigenvalue weighted by Gasteiger charge is -2.43. The van der Waals surface area contributed by atoms with Crippen LogP contribution in [0, 0.1) is 18.3 Å². The highest BCUT2D eigenvalue weighted by Gasteiger charge is 2.54. The Labute approximate surface area is 166 Å². The van der Waals surface area contributed by atoms with Crippen LogP contribution in [0.1, 0.15) is 44.4 Å². The Morgan fingerprint density at radius 1 is 1.29 bits per heavy atom. The molecular weight excluding hydrogens is 352 g/mol. The minimum absolute atomic E-state index is 0.0199. The number of nitrogens with zero attached hydrogens (tertiary/aromatic N) is 6. The fraction of sp³-hybridized carbons (Fsp3) is 0.619. The van der Waals surface area contributed by atoms with E-state index in [0.717, 1.165) is 43.1 Å². The maximum atomic E-state index is 13.6. The number of carbonyl (C=O) groups excluding carboxylic acids is 1. The molecule has 3 heterocycles. The van der Waals surface area contributed by atoms with Crippen LogP contribution in [0.25, 0.3) is 0 Å². The molecule has 4 rings (SSSR count). The molecule has 1 unspecified atom stereocenters. The molecule has 0 aromatic carbocycles. The van der Waals surface area contributed by atoms with Crippen LogP contribution in [0.4, 0.5) is 5.95 Å². The summed E-state index contributed by atoms with van der Waals surface area (Å²) in [6.45, 7) is 9.97. The van der Waals surface area contributed by atoms with Gasteiger partial charge in [-0.15, -0.1) is 0 Å². The first kappa shape index (κ1) is 18.9. The molecule has 2 fully saturated rings. The maximum absolute atomic E-state index is 13.6. The van der Waals surface area contributed by atoms with Crippen molar-refractivity contribution in [3.8, 4) is 0 Å². The van der Waals surface area contributed by atoms with Crippen molar-refractivity contribution in [1.82, 2.24) is 24.6 Å². The van der Waals surface area contributed by atoms with Gasteiger partial charge in [-0.3, -0.25) is 9.48 Å². The van der Waals surface area contributed by atoms with Crippen molar-refractivity contribution in [3.05, 3.63) is 35.9 Å². The van der Waals surface area contributed by atoms with Crippen LogP contribution >= 0.6 is 0 Å². The first-order valence-corrected chi connectivity index (χ1v) is 10.4. The van der Waals surface area contributed by atoms with Gasteiger partial charge in [0.05, 0.1) is 11.6 Å². The third-order valence-electron chi connectivity index (χ3n) is 6.56. The Morgan fingerprint density at radius 2 is 2.04 bits per heavy atom. The Balaban J connectivity index is 1.53. The molecule has 1 saturated carbocycles. The van der Waals surface area contributed by atoms with Gasteiger partial charge in [0.15, 0.2) is 0 Å². The van der Waals surface area contributed by atoms with Crippen LogP contribution in [0.5, 0.6) is 0 Å². The van der Waals surface area contributed by atoms with E-state index in [-0.39, 0.29) is 17.2 Å². The van der Waals surface area contributed by atoms with E-state index in [2.05, 4.69) is 40.0 Å². The van der Waals surface area contributed by atoms with Crippen LogP contribution in [0.3, 0.4) is 0 Å². The van der Waals surface area contributed by atoms with Gasteiger partial charge in [0.1, 0.15) is 0 Å². The molecule has 1 amide bonds. The molecule has 2 aromatic rings.